The predicted molar refractivity (Wildman–Crippen MR) is 97.8 cm³/mol. The van der Waals surface area contributed by atoms with Gasteiger partial charge >= 0.3 is 0 Å². The smallest absolute Gasteiger partial charge is 0.262 e. The molecule has 0 aliphatic carbocycles. The summed E-state index contributed by atoms with van der Waals surface area (Å²) in [7, 11) is 0. The van der Waals surface area contributed by atoms with Crippen LogP contribution >= 0.6 is 11.3 Å². The van der Waals surface area contributed by atoms with E-state index in [2.05, 4.69) is 24.1 Å². The van der Waals surface area contributed by atoms with E-state index in [1.54, 1.807) is 6.07 Å². The largest absolute Gasteiger partial charge is 0.324 e. The first-order valence-electron chi connectivity index (χ1n) is 7.79. The number of carbonyl (C=O) groups is 1. The number of nitrogens with zero attached hydrogens (tertiary/aromatic N) is 2. The lowest BCUT2D eigenvalue weighted by molar-refractivity contribution is -0.116. The summed E-state index contributed by atoms with van der Waals surface area (Å²) in [4.78, 5) is 29.7. The SMILES string of the molecule is Cc1cccc(C(C)C)c1NC(=O)Cn1cnc2sccc2c1=O. The number of anilines is 1. The Balaban J connectivity index is 1.86. The van der Waals surface area contributed by atoms with E-state index >= 15 is 0 Å². The molecule has 2 heterocycles. The van der Waals surface area contributed by atoms with E-state index < -0.39 is 0 Å². The van der Waals surface area contributed by atoms with E-state index in [9.17, 15) is 9.59 Å². The van der Waals surface area contributed by atoms with Crippen molar-refractivity contribution in [1.82, 2.24) is 9.55 Å². The molecule has 0 spiro atoms. The maximum Gasteiger partial charge on any atom is 0.262 e. The first kappa shape index (κ1) is 16.4. The average Bonchev–Trinajstić information content (AvgIpc) is 3.01. The molecule has 6 heteroatoms. The van der Waals surface area contributed by atoms with Crippen LogP contribution in [0.15, 0.2) is 40.8 Å². The van der Waals surface area contributed by atoms with Crippen LogP contribution in [0.1, 0.15) is 30.9 Å². The van der Waals surface area contributed by atoms with Gasteiger partial charge in [0.15, 0.2) is 0 Å². The number of thiophene rings is 1. The van der Waals surface area contributed by atoms with Crippen molar-refractivity contribution < 1.29 is 4.79 Å². The van der Waals surface area contributed by atoms with E-state index in [1.807, 2.05) is 30.5 Å². The summed E-state index contributed by atoms with van der Waals surface area (Å²) in [5.41, 5.74) is 2.73. The number of carbonyl (C=O) groups excluding carboxylic acids is 1. The topological polar surface area (TPSA) is 64.0 Å². The molecule has 1 N–H and O–H groups in total. The Bertz CT molecular complexity index is 956. The molecule has 0 unspecified atom stereocenters. The molecule has 0 bridgehead atoms. The second-order valence-electron chi connectivity index (χ2n) is 6.06. The molecular formula is C18H19N3O2S. The number of aromatic nitrogens is 2. The molecule has 2 aromatic heterocycles. The van der Waals surface area contributed by atoms with Crippen molar-refractivity contribution >= 4 is 33.1 Å². The van der Waals surface area contributed by atoms with E-state index in [4.69, 9.17) is 0 Å². The highest BCUT2D eigenvalue weighted by atomic mass is 32.1. The molecule has 1 amide bonds. The van der Waals surface area contributed by atoms with Crippen molar-refractivity contribution in [1.29, 1.82) is 0 Å². The van der Waals surface area contributed by atoms with Crippen LogP contribution in [0.3, 0.4) is 0 Å². The van der Waals surface area contributed by atoms with Crippen molar-refractivity contribution in [3.63, 3.8) is 0 Å². The number of hydrogen-bond donors (Lipinski definition) is 1. The molecule has 0 saturated carbocycles. The third kappa shape index (κ3) is 3.10. The fourth-order valence-corrected chi connectivity index (χ4v) is 3.41. The van der Waals surface area contributed by atoms with Gasteiger partial charge in [-0.1, -0.05) is 32.0 Å². The fourth-order valence-electron chi connectivity index (χ4n) is 2.68. The van der Waals surface area contributed by atoms with Crippen molar-refractivity contribution in [3.05, 3.63) is 57.5 Å². The van der Waals surface area contributed by atoms with Crippen LogP contribution in [-0.2, 0) is 11.3 Å². The second kappa shape index (κ2) is 6.57. The van der Waals surface area contributed by atoms with Gasteiger partial charge in [-0.05, 0) is 35.4 Å². The van der Waals surface area contributed by atoms with Crippen LogP contribution in [0.25, 0.3) is 10.2 Å². The van der Waals surface area contributed by atoms with Gasteiger partial charge in [-0.3, -0.25) is 14.2 Å². The van der Waals surface area contributed by atoms with Crippen LogP contribution < -0.4 is 10.9 Å². The molecule has 0 radical (unpaired) electrons. The van der Waals surface area contributed by atoms with Gasteiger partial charge in [0.05, 0.1) is 11.7 Å². The minimum Gasteiger partial charge on any atom is -0.324 e. The summed E-state index contributed by atoms with van der Waals surface area (Å²) in [5, 5.41) is 5.33. The lowest BCUT2D eigenvalue weighted by atomic mass is 9.98. The summed E-state index contributed by atoms with van der Waals surface area (Å²) >= 11 is 1.41. The van der Waals surface area contributed by atoms with Gasteiger partial charge in [0.25, 0.3) is 5.56 Å². The molecule has 3 aromatic rings. The monoisotopic (exact) mass is 341 g/mol. The van der Waals surface area contributed by atoms with Crippen LogP contribution in [-0.4, -0.2) is 15.5 Å². The summed E-state index contributed by atoms with van der Waals surface area (Å²) in [6.45, 7) is 6.09. The number of amides is 1. The van der Waals surface area contributed by atoms with Crippen LogP contribution in [0.2, 0.25) is 0 Å². The Morgan fingerprint density at radius 3 is 2.88 bits per heavy atom. The van der Waals surface area contributed by atoms with E-state index in [0.29, 0.717) is 16.1 Å². The number of aryl methyl sites for hydroxylation is 1. The van der Waals surface area contributed by atoms with Gasteiger partial charge in [0.2, 0.25) is 5.91 Å². The zero-order valence-corrected chi connectivity index (χ0v) is 14.7. The number of benzene rings is 1. The average molecular weight is 341 g/mol. The third-order valence-corrected chi connectivity index (χ3v) is 4.78. The van der Waals surface area contributed by atoms with E-state index in [-0.39, 0.29) is 18.0 Å². The summed E-state index contributed by atoms with van der Waals surface area (Å²) in [5.74, 6) is 0.0661. The first-order chi connectivity index (χ1) is 11.5. The highest BCUT2D eigenvalue weighted by molar-refractivity contribution is 7.16. The van der Waals surface area contributed by atoms with Gasteiger partial charge < -0.3 is 5.32 Å². The van der Waals surface area contributed by atoms with Gasteiger partial charge in [-0.2, -0.15) is 0 Å². The molecule has 0 fully saturated rings. The van der Waals surface area contributed by atoms with Crippen LogP contribution in [0.5, 0.6) is 0 Å². The molecule has 24 heavy (non-hydrogen) atoms. The van der Waals surface area contributed by atoms with Crippen molar-refractivity contribution in [2.75, 3.05) is 5.32 Å². The Labute approximate surface area is 144 Å². The lowest BCUT2D eigenvalue weighted by Crippen LogP contribution is -2.28. The standard InChI is InChI=1S/C18H19N3O2S/c1-11(2)13-6-4-5-12(3)16(13)20-15(22)9-21-10-19-17-14(18(21)23)7-8-24-17/h4-8,10-11H,9H2,1-3H3,(H,20,22). The minimum atomic E-state index is -0.232. The summed E-state index contributed by atoms with van der Waals surface area (Å²) in [6, 6.07) is 7.70. The molecule has 0 saturated heterocycles. The molecule has 124 valence electrons. The van der Waals surface area contributed by atoms with Gasteiger partial charge in [-0.15, -0.1) is 11.3 Å². The quantitative estimate of drug-likeness (QED) is 0.789. The van der Waals surface area contributed by atoms with Gasteiger partial charge in [0, 0.05) is 5.69 Å². The highest BCUT2D eigenvalue weighted by Gasteiger charge is 2.13. The minimum absolute atomic E-state index is 0.0521. The Morgan fingerprint density at radius 2 is 2.12 bits per heavy atom. The molecule has 5 nitrogen and oxygen atoms in total. The molecule has 0 aliphatic rings. The number of para-hydroxylation sites is 1. The number of hydrogen-bond acceptors (Lipinski definition) is 4. The molecule has 1 aromatic carbocycles. The normalized spacial score (nSPS) is 11.2. The predicted octanol–water partition coefficient (Wildman–Crippen LogP) is 3.53. The van der Waals surface area contributed by atoms with Gasteiger partial charge in [-0.25, -0.2) is 4.98 Å². The van der Waals surface area contributed by atoms with E-state index in [1.165, 1.54) is 22.2 Å². The second-order valence-corrected chi connectivity index (χ2v) is 6.95. The Kier molecular flexibility index (Phi) is 4.49. The summed E-state index contributed by atoms with van der Waals surface area (Å²) < 4.78 is 1.34. The van der Waals surface area contributed by atoms with Gasteiger partial charge in [0.1, 0.15) is 11.4 Å². The van der Waals surface area contributed by atoms with Crippen molar-refractivity contribution in [2.45, 2.75) is 33.2 Å². The molecule has 0 aliphatic heterocycles. The van der Waals surface area contributed by atoms with Crippen LogP contribution in [0.4, 0.5) is 5.69 Å². The zero-order valence-electron chi connectivity index (χ0n) is 13.9. The lowest BCUT2D eigenvalue weighted by Gasteiger charge is -2.16. The van der Waals surface area contributed by atoms with Crippen LogP contribution in [0, 0.1) is 6.92 Å². The molecule has 0 atom stereocenters. The maximum atomic E-state index is 12.4. The van der Waals surface area contributed by atoms with Crippen molar-refractivity contribution in [3.8, 4) is 0 Å². The number of fused-ring (bicyclic) bond motifs is 1. The number of rotatable bonds is 4. The number of nitrogens with one attached hydrogen (secondary N) is 1. The fraction of sp³-hybridized carbons (Fsp3) is 0.278. The maximum absolute atomic E-state index is 12.4. The first-order valence-corrected chi connectivity index (χ1v) is 8.67. The molecule has 3 rings (SSSR count). The molecular weight excluding hydrogens is 322 g/mol. The Hall–Kier alpha value is -2.47. The van der Waals surface area contributed by atoms with Crippen molar-refractivity contribution in [2.24, 2.45) is 0 Å². The zero-order chi connectivity index (χ0) is 17.3. The Morgan fingerprint density at radius 1 is 1.33 bits per heavy atom. The third-order valence-electron chi connectivity index (χ3n) is 3.96. The van der Waals surface area contributed by atoms with E-state index in [0.717, 1.165) is 16.8 Å². The highest BCUT2D eigenvalue weighted by Crippen LogP contribution is 2.27. The summed E-state index contributed by atoms with van der Waals surface area (Å²) in [6.07, 6.45) is 1.43.